The Bertz CT molecular complexity index is 1090. The third-order valence-electron chi connectivity index (χ3n) is 4.96. The maximum Gasteiger partial charge on any atom is 0.245 e. The highest BCUT2D eigenvalue weighted by Gasteiger charge is 2.20. The van der Waals surface area contributed by atoms with E-state index < -0.39 is 0 Å². The number of nitrogens with zero attached hydrogens (tertiary/aromatic N) is 7. The van der Waals surface area contributed by atoms with E-state index in [0.29, 0.717) is 24.0 Å². The van der Waals surface area contributed by atoms with Crippen molar-refractivity contribution in [3.8, 4) is 0 Å². The number of benzene rings is 1. The first-order valence-electron chi connectivity index (χ1n) is 9.19. The average molecular weight is 442 g/mol. The molecule has 1 aromatic carbocycles. The van der Waals surface area contributed by atoms with Crippen molar-refractivity contribution in [2.45, 2.75) is 6.54 Å². The number of nitrogens with one attached hydrogen (secondary N) is 2. The van der Waals surface area contributed by atoms with Gasteiger partial charge >= 0.3 is 0 Å². The van der Waals surface area contributed by atoms with Crippen molar-refractivity contribution in [2.75, 3.05) is 43.4 Å². The molecule has 3 aromatic heterocycles. The van der Waals surface area contributed by atoms with Crippen LogP contribution in [0.5, 0.6) is 0 Å². The van der Waals surface area contributed by atoms with Crippen LogP contribution in [0, 0.1) is 0 Å². The topological polar surface area (TPSA) is 90.3 Å². The molecular formula is C18H20BrN9. The van der Waals surface area contributed by atoms with Crippen LogP contribution >= 0.6 is 15.9 Å². The van der Waals surface area contributed by atoms with E-state index in [1.54, 1.807) is 10.7 Å². The van der Waals surface area contributed by atoms with E-state index in [1.807, 2.05) is 24.3 Å². The van der Waals surface area contributed by atoms with Gasteiger partial charge in [0.15, 0.2) is 11.5 Å². The van der Waals surface area contributed by atoms with Crippen LogP contribution in [0.1, 0.15) is 5.82 Å². The number of aromatic nitrogens is 6. The van der Waals surface area contributed by atoms with Crippen molar-refractivity contribution < 1.29 is 0 Å². The smallest absolute Gasteiger partial charge is 0.245 e. The highest BCUT2D eigenvalue weighted by Crippen LogP contribution is 2.22. The number of likely N-dealkylation sites (N-methyl/N-ethyl adjacent to an activating group) is 1. The number of piperazine rings is 1. The molecule has 9 nitrogen and oxygen atoms in total. The number of para-hydroxylation sites is 2. The zero-order valence-electron chi connectivity index (χ0n) is 15.4. The molecule has 144 valence electrons. The molecule has 10 heteroatoms. The minimum atomic E-state index is 0.522. The fourth-order valence-corrected chi connectivity index (χ4v) is 3.71. The molecule has 0 spiro atoms. The second-order valence-electron chi connectivity index (χ2n) is 6.92. The highest BCUT2D eigenvalue weighted by molar-refractivity contribution is 9.10. The third-order valence-corrected chi connectivity index (χ3v) is 5.50. The Morgan fingerprint density at radius 2 is 1.96 bits per heavy atom. The standard InChI is InChI=1S/C18H20BrN9/c1-26-6-8-27(9-7-26)18-24-16(17-21-10-14(19)28(17)25-18)20-11-15-22-12-4-2-3-5-13(12)23-15/h2-5,10H,6-9,11H2,1H3,(H,22,23)(H,20,24,25). The number of hydrogen-bond acceptors (Lipinski definition) is 7. The summed E-state index contributed by atoms with van der Waals surface area (Å²) in [5.41, 5.74) is 2.66. The molecule has 0 unspecified atom stereocenters. The minimum Gasteiger partial charge on any atom is -0.360 e. The minimum absolute atomic E-state index is 0.522. The molecular weight excluding hydrogens is 422 g/mol. The zero-order chi connectivity index (χ0) is 19.1. The lowest BCUT2D eigenvalue weighted by molar-refractivity contribution is 0.310. The Morgan fingerprint density at radius 1 is 1.14 bits per heavy atom. The van der Waals surface area contributed by atoms with Gasteiger partial charge < -0.3 is 20.1 Å². The van der Waals surface area contributed by atoms with Crippen LogP contribution in [-0.2, 0) is 6.54 Å². The molecule has 2 N–H and O–H groups in total. The number of H-pyrrole nitrogens is 1. The van der Waals surface area contributed by atoms with Gasteiger partial charge in [0.05, 0.1) is 23.8 Å². The highest BCUT2D eigenvalue weighted by atomic mass is 79.9. The van der Waals surface area contributed by atoms with Gasteiger partial charge in [0.25, 0.3) is 0 Å². The van der Waals surface area contributed by atoms with Gasteiger partial charge in [-0.3, -0.25) is 0 Å². The van der Waals surface area contributed by atoms with E-state index in [0.717, 1.165) is 47.6 Å². The summed E-state index contributed by atoms with van der Waals surface area (Å²) in [5.74, 6) is 2.24. The summed E-state index contributed by atoms with van der Waals surface area (Å²) in [6.45, 7) is 4.31. The predicted octanol–water partition coefficient (Wildman–Crippen LogP) is 2.13. The van der Waals surface area contributed by atoms with Crippen LogP contribution in [0.25, 0.3) is 16.7 Å². The summed E-state index contributed by atoms with van der Waals surface area (Å²) >= 11 is 3.53. The first-order valence-corrected chi connectivity index (χ1v) is 9.99. The first-order chi connectivity index (χ1) is 13.7. The van der Waals surface area contributed by atoms with Crippen molar-refractivity contribution in [1.29, 1.82) is 0 Å². The van der Waals surface area contributed by atoms with Crippen molar-refractivity contribution in [1.82, 2.24) is 34.4 Å². The van der Waals surface area contributed by atoms with Gasteiger partial charge in [-0.2, -0.15) is 9.50 Å². The Morgan fingerprint density at radius 3 is 2.79 bits per heavy atom. The van der Waals surface area contributed by atoms with E-state index in [-0.39, 0.29) is 0 Å². The van der Waals surface area contributed by atoms with Crippen molar-refractivity contribution in [2.24, 2.45) is 0 Å². The monoisotopic (exact) mass is 441 g/mol. The summed E-state index contributed by atoms with van der Waals surface area (Å²) in [5, 5.41) is 8.05. The first kappa shape index (κ1) is 17.4. The lowest BCUT2D eigenvalue weighted by atomic mass is 10.3. The van der Waals surface area contributed by atoms with E-state index in [4.69, 9.17) is 4.98 Å². The molecule has 4 heterocycles. The molecule has 0 amide bonds. The maximum absolute atomic E-state index is 4.77. The van der Waals surface area contributed by atoms with Gasteiger partial charge in [0, 0.05) is 26.2 Å². The molecule has 1 saturated heterocycles. The number of halogens is 1. The van der Waals surface area contributed by atoms with Crippen molar-refractivity contribution in [3.05, 3.63) is 40.9 Å². The largest absolute Gasteiger partial charge is 0.360 e. The van der Waals surface area contributed by atoms with Crippen molar-refractivity contribution in [3.63, 3.8) is 0 Å². The fourth-order valence-electron chi connectivity index (χ4n) is 3.36. The Balaban J connectivity index is 1.45. The molecule has 0 atom stereocenters. The maximum atomic E-state index is 4.77. The zero-order valence-corrected chi connectivity index (χ0v) is 17.0. The molecule has 28 heavy (non-hydrogen) atoms. The van der Waals surface area contributed by atoms with Gasteiger partial charge in [-0.05, 0) is 35.1 Å². The van der Waals surface area contributed by atoms with E-state index in [9.17, 15) is 0 Å². The van der Waals surface area contributed by atoms with Crippen LogP contribution in [-0.4, -0.2) is 67.7 Å². The van der Waals surface area contributed by atoms with Crippen LogP contribution < -0.4 is 10.2 Å². The predicted molar refractivity (Wildman–Crippen MR) is 112 cm³/mol. The number of fused-ring (bicyclic) bond motifs is 2. The van der Waals surface area contributed by atoms with Gasteiger partial charge in [-0.15, -0.1) is 5.10 Å². The Labute approximate surface area is 169 Å². The SMILES string of the molecule is CN1CCN(c2nc(NCc3nc4ccccc4[nH]3)c3ncc(Br)n3n2)CC1. The summed E-state index contributed by atoms with van der Waals surface area (Å²) in [6.07, 6.45) is 1.74. The van der Waals surface area contributed by atoms with Gasteiger partial charge in [0.1, 0.15) is 10.4 Å². The molecule has 0 radical (unpaired) electrons. The average Bonchev–Trinajstić information content (AvgIpc) is 3.30. The lowest BCUT2D eigenvalue weighted by Crippen LogP contribution is -2.45. The molecule has 0 bridgehead atoms. The van der Waals surface area contributed by atoms with Crippen LogP contribution in [0.3, 0.4) is 0 Å². The van der Waals surface area contributed by atoms with Crippen LogP contribution in [0.4, 0.5) is 11.8 Å². The van der Waals surface area contributed by atoms with Gasteiger partial charge in [-0.1, -0.05) is 12.1 Å². The van der Waals surface area contributed by atoms with Crippen LogP contribution in [0.2, 0.25) is 0 Å². The second kappa shape index (κ2) is 7.02. The summed E-state index contributed by atoms with van der Waals surface area (Å²) < 4.78 is 2.58. The third kappa shape index (κ3) is 3.18. The summed E-state index contributed by atoms with van der Waals surface area (Å²) in [4.78, 5) is 21.7. The normalized spacial score (nSPS) is 15.6. The molecule has 0 aliphatic carbocycles. The number of aromatic amines is 1. The second-order valence-corrected chi connectivity index (χ2v) is 7.73. The molecule has 1 aliphatic rings. The van der Waals surface area contributed by atoms with Gasteiger partial charge in [0.2, 0.25) is 5.95 Å². The molecule has 1 aliphatic heterocycles. The van der Waals surface area contributed by atoms with Crippen LogP contribution in [0.15, 0.2) is 35.1 Å². The van der Waals surface area contributed by atoms with Gasteiger partial charge in [-0.25, -0.2) is 9.97 Å². The molecule has 5 rings (SSSR count). The van der Waals surface area contributed by atoms with E-state index in [2.05, 4.69) is 58.1 Å². The fraction of sp³-hybridized carbons (Fsp3) is 0.333. The Kier molecular flexibility index (Phi) is 4.36. The molecule has 1 fully saturated rings. The Hall–Kier alpha value is -2.72. The lowest BCUT2D eigenvalue weighted by Gasteiger charge is -2.32. The van der Waals surface area contributed by atoms with E-state index in [1.165, 1.54) is 0 Å². The number of hydrogen-bond donors (Lipinski definition) is 2. The molecule has 0 saturated carbocycles. The van der Waals surface area contributed by atoms with E-state index >= 15 is 0 Å². The number of rotatable bonds is 4. The quantitative estimate of drug-likeness (QED) is 0.501. The van der Waals surface area contributed by atoms with Crippen molar-refractivity contribution >= 4 is 44.4 Å². The summed E-state index contributed by atoms with van der Waals surface area (Å²) in [7, 11) is 2.13. The number of imidazole rings is 2. The summed E-state index contributed by atoms with van der Waals surface area (Å²) in [6, 6.07) is 8.00. The number of anilines is 2. The molecule has 4 aromatic rings.